The molecule has 3 heterocycles. The van der Waals surface area contributed by atoms with Gasteiger partial charge in [0, 0.05) is 23.5 Å². The lowest BCUT2D eigenvalue weighted by Crippen LogP contribution is -2.25. The van der Waals surface area contributed by atoms with Crippen molar-refractivity contribution >= 4 is 33.3 Å². The Morgan fingerprint density at radius 3 is 2.97 bits per heavy atom. The van der Waals surface area contributed by atoms with E-state index in [2.05, 4.69) is 24.9 Å². The quantitative estimate of drug-likeness (QED) is 0.445. The summed E-state index contributed by atoms with van der Waals surface area (Å²) in [5.41, 5.74) is 4.96. The molecule has 0 saturated carbocycles. The van der Waals surface area contributed by atoms with Gasteiger partial charge in [0.15, 0.2) is 0 Å². The number of rotatable bonds is 5. The third kappa shape index (κ3) is 3.41. The molecular formula is C24H22N4O2S. The van der Waals surface area contributed by atoms with Gasteiger partial charge in [0.05, 0.1) is 15.9 Å². The fourth-order valence-electron chi connectivity index (χ4n) is 4.11. The molecule has 1 amide bonds. The van der Waals surface area contributed by atoms with Gasteiger partial charge in [-0.15, -0.1) is 0 Å². The number of ether oxygens (including phenoxy) is 1. The topological polar surface area (TPSA) is 69.0 Å². The highest BCUT2D eigenvalue weighted by Crippen LogP contribution is 2.43. The van der Waals surface area contributed by atoms with E-state index in [9.17, 15) is 4.79 Å². The molecule has 6 nitrogen and oxygen atoms in total. The standard InChI is InChI=1S/C24H22N4O2S/c1-4-11-30-19-8-6-5-7-16(19)17-13-21(29)26-23-22(17)15(3)27-28(23)24-25-18-10-9-14(2)12-20(18)31-24/h4-10,12,17H,1,11,13H2,2-3H3,(H,26,29)/t17-/m0/s1. The number of hydrogen-bond donors (Lipinski definition) is 1. The Labute approximate surface area is 184 Å². The zero-order chi connectivity index (χ0) is 21.5. The number of benzene rings is 2. The van der Waals surface area contributed by atoms with Gasteiger partial charge in [0.2, 0.25) is 11.0 Å². The predicted octanol–water partition coefficient (Wildman–Crippen LogP) is 5.14. The molecule has 0 radical (unpaired) electrons. The lowest BCUT2D eigenvalue weighted by Gasteiger charge is -2.25. The molecule has 1 aliphatic heterocycles. The molecule has 1 aliphatic rings. The van der Waals surface area contributed by atoms with Crippen LogP contribution in [0.1, 0.15) is 34.7 Å². The molecule has 1 atom stereocenters. The van der Waals surface area contributed by atoms with Gasteiger partial charge in [-0.2, -0.15) is 9.78 Å². The number of hydrogen-bond acceptors (Lipinski definition) is 5. The molecule has 0 saturated heterocycles. The van der Waals surface area contributed by atoms with Crippen LogP contribution >= 0.6 is 11.3 Å². The van der Waals surface area contributed by atoms with Crippen LogP contribution in [0.3, 0.4) is 0 Å². The molecule has 0 spiro atoms. The van der Waals surface area contributed by atoms with E-state index in [0.717, 1.165) is 37.9 Å². The van der Waals surface area contributed by atoms with Crippen LogP contribution in [0.25, 0.3) is 15.3 Å². The monoisotopic (exact) mass is 430 g/mol. The third-order valence-electron chi connectivity index (χ3n) is 5.47. The van der Waals surface area contributed by atoms with Crippen molar-refractivity contribution in [1.29, 1.82) is 0 Å². The summed E-state index contributed by atoms with van der Waals surface area (Å²) in [6, 6.07) is 14.0. The molecule has 0 fully saturated rings. The average molecular weight is 431 g/mol. The minimum atomic E-state index is -0.143. The molecule has 1 N–H and O–H groups in total. The van der Waals surface area contributed by atoms with Gasteiger partial charge in [-0.3, -0.25) is 4.79 Å². The van der Waals surface area contributed by atoms with Crippen molar-refractivity contribution in [1.82, 2.24) is 14.8 Å². The largest absolute Gasteiger partial charge is 0.489 e. The molecule has 0 aliphatic carbocycles. The van der Waals surface area contributed by atoms with E-state index < -0.39 is 0 Å². The van der Waals surface area contributed by atoms with Crippen LogP contribution < -0.4 is 10.1 Å². The summed E-state index contributed by atoms with van der Waals surface area (Å²) in [5, 5.41) is 8.55. The van der Waals surface area contributed by atoms with Crippen molar-refractivity contribution in [3.05, 3.63) is 77.5 Å². The Morgan fingerprint density at radius 1 is 1.29 bits per heavy atom. The fourth-order valence-corrected chi connectivity index (χ4v) is 5.13. The molecule has 7 heteroatoms. The van der Waals surface area contributed by atoms with Gasteiger partial charge in [-0.1, -0.05) is 48.3 Å². The van der Waals surface area contributed by atoms with E-state index in [0.29, 0.717) is 18.8 Å². The van der Waals surface area contributed by atoms with E-state index in [4.69, 9.17) is 14.8 Å². The number of anilines is 1. The number of amides is 1. The number of carbonyl (C=O) groups excluding carboxylic acids is 1. The predicted molar refractivity (Wildman–Crippen MR) is 123 cm³/mol. The molecule has 5 rings (SSSR count). The number of fused-ring (bicyclic) bond motifs is 2. The van der Waals surface area contributed by atoms with Gasteiger partial charge >= 0.3 is 0 Å². The molecule has 4 aromatic rings. The fraction of sp³-hybridized carbons (Fsp3) is 0.208. The first-order valence-corrected chi connectivity index (χ1v) is 11.0. The summed E-state index contributed by atoms with van der Waals surface area (Å²) in [6.07, 6.45) is 2.06. The van der Waals surface area contributed by atoms with Crippen molar-refractivity contribution in [2.24, 2.45) is 0 Å². The van der Waals surface area contributed by atoms with Crippen LogP contribution in [-0.4, -0.2) is 27.3 Å². The molecule has 0 bridgehead atoms. The van der Waals surface area contributed by atoms with Crippen molar-refractivity contribution in [2.45, 2.75) is 26.2 Å². The van der Waals surface area contributed by atoms with Gasteiger partial charge in [0.1, 0.15) is 18.2 Å². The van der Waals surface area contributed by atoms with Crippen LogP contribution in [0.2, 0.25) is 0 Å². The SMILES string of the molecule is C=CCOc1ccccc1[C@@H]1CC(=O)Nc2c1c(C)nn2-c1nc2ccc(C)cc2s1. The first kappa shape index (κ1) is 19.5. The minimum Gasteiger partial charge on any atom is -0.489 e. The zero-order valence-corrected chi connectivity index (χ0v) is 18.2. The summed E-state index contributed by atoms with van der Waals surface area (Å²) in [5.74, 6) is 1.26. The maximum atomic E-state index is 12.7. The maximum Gasteiger partial charge on any atom is 0.226 e. The van der Waals surface area contributed by atoms with Crippen LogP contribution in [0.15, 0.2) is 55.1 Å². The number of nitrogens with zero attached hydrogens (tertiary/aromatic N) is 3. The van der Waals surface area contributed by atoms with Crippen molar-refractivity contribution in [2.75, 3.05) is 11.9 Å². The lowest BCUT2D eigenvalue weighted by molar-refractivity contribution is -0.116. The number of aromatic nitrogens is 3. The number of carbonyl (C=O) groups is 1. The Kier molecular flexibility index (Phi) is 4.82. The Morgan fingerprint density at radius 2 is 2.13 bits per heavy atom. The Balaban J connectivity index is 1.64. The second-order valence-electron chi connectivity index (χ2n) is 7.67. The van der Waals surface area contributed by atoms with E-state index in [1.54, 1.807) is 22.1 Å². The van der Waals surface area contributed by atoms with Gasteiger partial charge in [-0.25, -0.2) is 4.98 Å². The van der Waals surface area contributed by atoms with Crippen molar-refractivity contribution in [3.63, 3.8) is 0 Å². The highest BCUT2D eigenvalue weighted by molar-refractivity contribution is 7.20. The average Bonchev–Trinajstić information content (AvgIpc) is 3.32. The number of thiazole rings is 1. The van der Waals surface area contributed by atoms with Crippen LogP contribution in [0, 0.1) is 13.8 Å². The molecule has 2 aromatic heterocycles. The zero-order valence-electron chi connectivity index (χ0n) is 17.4. The summed E-state index contributed by atoms with van der Waals surface area (Å²) in [7, 11) is 0. The summed E-state index contributed by atoms with van der Waals surface area (Å²) in [6.45, 7) is 8.18. The normalized spacial score (nSPS) is 15.5. The number of para-hydroxylation sites is 1. The summed E-state index contributed by atoms with van der Waals surface area (Å²) >= 11 is 1.57. The van der Waals surface area contributed by atoms with Crippen LogP contribution in [0.4, 0.5) is 5.82 Å². The third-order valence-corrected chi connectivity index (χ3v) is 6.46. The first-order chi connectivity index (χ1) is 15.0. The highest BCUT2D eigenvalue weighted by Gasteiger charge is 2.34. The molecule has 2 aromatic carbocycles. The highest BCUT2D eigenvalue weighted by atomic mass is 32.1. The van der Waals surface area contributed by atoms with E-state index in [1.165, 1.54) is 5.56 Å². The molecule has 156 valence electrons. The van der Waals surface area contributed by atoms with Crippen LogP contribution in [0.5, 0.6) is 5.75 Å². The second-order valence-corrected chi connectivity index (χ2v) is 8.68. The van der Waals surface area contributed by atoms with Crippen molar-refractivity contribution in [3.8, 4) is 10.9 Å². The Bertz CT molecular complexity index is 1320. The van der Waals surface area contributed by atoms with E-state index in [1.807, 2.05) is 43.3 Å². The van der Waals surface area contributed by atoms with Crippen molar-refractivity contribution < 1.29 is 9.53 Å². The maximum absolute atomic E-state index is 12.7. The minimum absolute atomic E-state index is 0.0471. The summed E-state index contributed by atoms with van der Waals surface area (Å²) in [4.78, 5) is 17.5. The van der Waals surface area contributed by atoms with Gasteiger partial charge in [0.25, 0.3) is 0 Å². The van der Waals surface area contributed by atoms with Gasteiger partial charge in [-0.05, 0) is 37.6 Å². The van der Waals surface area contributed by atoms with Crippen LogP contribution in [-0.2, 0) is 4.79 Å². The van der Waals surface area contributed by atoms with E-state index in [-0.39, 0.29) is 11.8 Å². The molecule has 31 heavy (non-hydrogen) atoms. The summed E-state index contributed by atoms with van der Waals surface area (Å²) < 4.78 is 8.75. The number of aryl methyl sites for hydroxylation is 2. The van der Waals surface area contributed by atoms with E-state index >= 15 is 0 Å². The Hall–Kier alpha value is -3.45. The number of nitrogens with one attached hydrogen (secondary N) is 1. The second kappa shape index (κ2) is 7.67. The molecular weight excluding hydrogens is 408 g/mol. The molecule has 0 unspecified atom stereocenters. The smallest absolute Gasteiger partial charge is 0.226 e. The first-order valence-electron chi connectivity index (χ1n) is 10.1. The van der Waals surface area contributed by atoms with Gasteiger partial charge < -0.3 is 10.1 Å². The lowest BCUT2D eigenvalue weighted by atomic mass is 9.85.